The van der Waals surface area contributed by atoms with Gasteiger partial charge in [0.2, 0.25) is 5.91 Å². The number of halogens is 1. The van der Waals surface area contributed by atoms with Crippen LogP contribution in [0.15, 0.2) is 47.1 Å². The summed E-state index contributed by atoms with van der Waals surface area (Å²) in [7, 11) is 0. The molecule has 20 heavy (non-hydrogen) atoms. The summed E-state index contributed by atoms with van der Waals surface area (Å²) in [6.45, 7) is 3.69. The predicted octanol–water partition coefficient (Wildman–Crippen LogP) is 4.18. The maximum Gasteiger partial charge on any atom is 0.228 e. The van der Waals surface area contributed by atoms with E-state index in [9.17, 15) is 4.79 Å². The van der Waals surface area contributed by atoms with Crippen molar-refractivity contribution < 1.29 is 4.79 Å². The van der Waals surface area contributed by atoms with Gasteiger partial charge in [0.25, 0.3) is 0 Å². The maximum atomic E-state index is 11.6. The zero-order valence-electron chi connectivity index (χ0n) is 11.4. The van der Waals surface area contributed by atoms with Gasteiger partial charge >= 0.3 is 0 Å². The highest BCUT2D eigenvalue weighted by atomic mass is 79.9. The summed E-state index contributed by atoms with van der Waals surface area (Å²) in [4.78, 5) is 15.8. The molecule has 5 heteroatoms. The molecule has 2 N–H and O–H groups in total. The lowest BCUT2D eigenvalue weighted by Gasteiger charge is -2.10. The van der Waals surface area contributed by atoms with Gasteiger partial charge in [-0.05, 0) is 40.2 Å². The van der Waals surface area contributed by atoms with Gasteiger partial charge in [0.1, 0.15) is 5.82 Å². The van der Waals surface area contributed by atoms with Crippen LogP contribution in [0.25, 0.3) is 0 Å². The minimum absolute atomic E-state index is 0.0380. The van der Waals surface area contributed by atoms with Gasteiger partial charge < -0.3 is 10.6 Å². The number of para-hydroxylation sites is 1. The monoisotopic (exact) mass is 333 g/mol. The number of anilines is 3. The van der Waals surface area contributed by atoms with Crippen LogP contribution in [-0.2, 0) is 4.79 Å². The first-order chi connectivity index (χ1) is 9.56. The minimum Gasteiger partial charge on any atom is -0.353 e. The minimum atomic E-state index is -0.0603. The van der Waals surface area contributed by atoms with Crippen molar-refractivity contribution in [2.24, 2.45) is 5.92 Å². The molecule has 0 fully saturated rings. The van der Waals surface area contributed by atoms with Crippen LogP contribution in [0.2, 0.25) is 0 Å². The Morgan fingerprint density at radius 2 is 1.95 bits per heavy atom. The second kappa shape index (κ2) is 6.52. The zero-order valence-corrected chi connectivity index (χ0v) is 12.9. The largest absolute Gasteiger partial charge is 0.353 e. The number of aromatic nitrogens is 1. The van der Waals surface area contributed by atoms with Crippen LogP contribution in [0, 0.1) is 5.92 Å². The molecule has 1 aromatic carbocycles. The molecule has 0 radical (unpaired) electrons. The van der Waals surface area contributed by atoms with E-state index in [4.69, 9.17) is 0 Å². The highest BCUT2D eigenvalue weighted by Crippen LogP contribution is 2.25. The van der Waals surface area contributed by atoms with Crippen molar-refractivity contribution in [1.82, 2.24) is 4.98 Å². The fourth-order valence-electron chi connectivity index (χ4n) is 1.53. The summed E-state index contributed by atoms with van der Waals surface area (Å²) in [6.07, 6.45) is 1.69. The van der Waals surface area contributed by atoms with Crippen LogP contribution in [0.3, 0.4) is 0 Å². The summed E-state index contributed by atoms with van der Waals surface area (Å²) >= 11 is 3.48. The summed E-state index contributed by atoms with van der Waals surface area (Å²) in [5, 5.41) is 6.01. The van der Waals surface area contributed by atoms with Crippen LogP contribution < -0.4 is 10.6 Å². The zero-order chi connectivity index (χ0) is 14.5. The molecule has 104 valence electrons. The van der Waals surface area contributed by atoms with E-state index in [0.717, 1.165) is 15.8 Å². The van der Waals surface area contributed by atoms with Gasteiger partial charge in [-0.25, -0.2) is 4.98 Å². The highest BCUT2D eigenvalue weighted by molar-refractivity contribution is 9.10. The van der Waals surface area contributed by atoms with Crippen molar-refractivity contribution in [2.45, 2.75) is 13.8 Å². The van der Waals surface area contributed by atoms with E-state index in [2.05, 4.69) is 31.5 Å². The van der Waals surface area contributed by atoms with E-state index < -0.39 is 0 Å². The van der Waals surface area contributed by atoms with Gasteiger partial charge in [0.05, 0.1) is 17.6 Å². The molecular formula is C15H16BrN3O. The summed E-state index contributed by atoms with van der Waals surface area (Å²) < 4.78 is 0.984. The highest BCUT2D eigenvalue weighted by Gasteiger charge is 2.07. The Morgan fingerprint density at radius 1 is 1.20 bits per heavy atom. The van der Waals surface area contributed by atoms with E-state index in [0.29, 0.717) is 5.82 Å². The summed E-state index contributed by atoms with van der Waals surface area (Å²) in [5.41, 5.74) is 1.83. The molecule has 0 atom stereocenters. The fraction of sp³-hybridized carbons (Fsp3) is 0.200. The Morgan fingerprint density at radius 3 is 2.55 bits per heavy atom. The number of benzene rings is 1. The maximum absolute atomic E-state index is 11.6. The van der Waals surface area contributed by atoms with Gasteiger partial charge in [-0.3, -0.25) is 4.79 Å². The van der Waals surface area contributed by atoms with Gasteiger partial charge in [0, 0.05) is 10.4 Å². The van der Waals surface area contributed by atoms with E-state index >= 15 is 0 Å². The third-order valence-corrected chi connectivity index (χ3v) is 3.38. The summed E-state index contributed by atoms with van der Waals surface area (Å²) in [5.74, 6) is 0.459. The van der Waals surface area contributed by atoms with Crippen molar-refractivity contribution in [3.05, 3.63) is 47.1 Å². The van der Waals surface area contributed by atoms with Crippen LogP contribution in [0.1, 0.15) is 13.8 Å². The quantitative estimate of drug-likeness (QED) is 0.882. The van der Waals surface area contributed by atoms with Crippen LogP contribution >= 0.6 is 15.9 Å². The molecule has 0 saturated carbocycles. The lowest BCUT2D eigenvalue weighted by atomic mass is 10.2. The average molecular weight is 334 g/mol. The molecule has 0 aliphatic heterocycles. The first kappa shape index (κ1) is 14.5. The van der Waals surface area contributed by atoms with Crippen molar-refractivity contribution >= 4 is 39.0 Å². The molecular weight excluding hydrogens is 318 g/mol. The molecule has 0 unspecified atom stereocenters. The summed E-state index contributed by atoms with van der Waals surface area (Å²) in [6, 6.07) is 11.5. The van der Waals surface area contributed by atoms with Crippen molar-refractivity contribution in [3.63, 3.8) is 0 Å². The number of amides is 1. The van der Waals surface area contributed by atoms with E-state index in [1.165, 1.54) is 0 Å². The Bertz CT molecular complexity index is 596. The number of nitrogens with zero attached hydrogens (tertiary/aromatic N) is 1. The molecule has 2 aromatic rings. The lowest BCUT2D eigenvalue weighted by Crippen LogP contribution is -2.18. The van der Waals surface area contributed by atoms with Crippen LogP contribution in [0.5, 0.6) is 0 Å². The second-order valence-corrected chi connectivity index (χ2v) is 5.54. The smallest absolute Gasteiger partial charge is 0.228 e. The number of carbonyl (C=O) groups is 1. The molecule has 0 spiro atoms. The first-order valence-corrected chi connectivity index (χ1v) is 7.14. The van der Waals surface area contributed by atoms with Crippen molar-refractivity contribution in [1.29, 1.82) is 0 Å². The Balaban J connectivity index is 2.05. The molecule has 0 aliphatic rings. The van der Waals surface area contributed by atoms with Gasteiger partial charge in [-0.2, -0.15) is 0 Å². The number of carbonyl (C=O) groups excluding carboxylic acids is 1. The molecule has 2 rings (SSSR count). The molecule has 0 aliphatic carbocycles. The van der Waals surface area contributed by atoms with Gasteiger partial charge in [-0.1, -0.05) is 26.0 Å². The molecule has 0 bridgehead atoms. The predicted molar refractivity (Wildman–Crippen MR) is 85.1 cm³/mol. The third-order valence-electron chi connectivity index (χ3n) is 2.69. The Labute approximate surface area is 126 Å². The van der Waals surface area contributed by atoms with Gasteiger partial charge in [0.15, 0.2) is 0 Å². The number of hydrogen-bond donors (Lipinski definition) is 2. The van der Waals surface area contributed by atoms with E-state index in [1.807, 2.05) is 44.2 Å². The molecule has 0 saturated heterocycles. The van der Waals surface area contributed by atoms with E-state index in [-0.39, 0.29) is 11.8 Å². The Hall–Kier alpha value is -1.88. The topological polar surface area (TPSA) is 54.0 Å². The average Bonchev–Trinajstić information content (AvgIpc) is 2.43. The number of rotatable bonds is 4. The first-order valence-electron chi connectivity index (χ1n) is 6.34. The molecule has 1 amide bonds. The number of pyridine rings is 1. The standard InChI is InChI=1S/C15H16BrN3O/c1-10(2)15(20)19-14-8-7-11(9-17-14)18-13-6-4-3-5-12(13)16/h3-10,18H,1-2H3,(H,17,19,20). The number of hydrogen-bond acceptors (Lipinski definition) is 3. The molecule has 1 heterocycles. The van der Waals surface area contributed by atoms with E-state index in [1.54, 1.807) is 12.3 Å². The Kier molecular flexibility index (Phi) is 4.74. The lowest BCUT2D eigenvalue weighted by molar-refractivity contribution is -0.118. The third kappa shape index (κ3) is 3.81. The molecule has 1 aromatic heterocycles. The fourth-order valence-corrected chi connectivity index (χ4v) is 1.91. The van der Waals surface area contributed by atoms with Crippen LogP contribution in [-0.4, -0.2) is 10.9 Å². The van der Waals surface area contributed by atoms with Gasteiger partial charge in [-0.15, -0.1) is 0 Å². The molecule has 4 nitrogen and oxygen atoms in total. The SMILES string of the molecule is CC(C)C(=O)Nc1ccc(Nc2ccccc2Br)cn1. The van der Waals surface area contributed by atoms with Crippen LogP contribution in [0.4, 0.5) is 17.2 Å². The number of nitrogens with one attached hydrogen (secondary N) is 2. The second-order valence-electron chi connectivity index (χ2n) is 4.68. The van der Waals surface area contributed by atoms with Crippen molar-refractivity contribution in [3.8, 4) is 0 Å². The van der Waals surface area contributed by atoms with Crippen molar-refractivity contribution in [2.75, 3.05) is 10.6 Å². The normalized spacial score (nSPS) is 10.4.